The van der Waals surface area contributed by atoms with Gasteiger partial charge in [0.2, 0.25) is 0 Å². The predicted molar refractivity (Wildman–Crippen MR) is 85.6 cm³/mol. The van der Waals surface area contributed by atoms with E-state index in [9.17, 15) is 0 Å². The second-order valence-electron chi connectivity index (χ2n) is 4.87. The van der Waals surface area contributed by atoms with E-state index in [1.807, 2.05) is 36.5 Å². The molecule has 6 nitrogen and oxygen atoms in total. The Kier molecular flexibility index (Phi) is 3.32. The summed E-state index contributed by atoms with van der Waals surface area (Å²) in [5, 5.41) is 4.37. The third-order valence-electron chi connectivity index (χ3n) is 3.33. The number of aromatic nitrogens is 6. The van der Waals surface area contributed by atoms with Gasteiger partial charge in [-0.15, -0.1) is 0 Å². The first-order valence-corrected chi connectivity index (χ1v) is 7.10. The molecule has 4 aromatic heterocycles. The number of hydrogen-bond donors (Lipinski definition) is 0. The average Bonchev–Trinajstić information content (AvgIpc) is 3.14. The number of rotatable bonds is 3. The summed E-state index contributed by atoms with van der Waals surface area (Å²) in [6, 6.07) is 11.4. The van der Waals surface area contributed by atoms with Crippen molar-refractivity contribution in [1.29, 1.82) is 0 Å². The van der Waals surface area contributed by atoms with Crippen LogP contribution in [0.3, 0.4) is 0 Å². The second-order valence-corrected chi connectivity index (χ2v) is 4.87. The van der Waals surface area contributed by atoms with Crippen LogP contribution in [-0.4, -0.2) is 29.7 Å². The van der Waals surface area contributed by atoms with E-state index < -0.39 is 0 Å². The van der Waals surface area contributed by atoms with Gasteiger partial charge in [0.15, 0.2) is 5.82 Å². The van der Waals surface area contributed by atoms with Gasteiger partial charge in [-0.2, -0.15) is 5.10 Å². The van der Waals surface area contributed by atoms with Crippen LogP contribution in [0, 0.1) is 0 Å². The molecule has 0 amide bonds. The van der Waals surface area contributed by atoms with Crippen molar-refractivity contribution in [2.24, 2.45) is 0 Å². The molecule has 23 heavy (non-hydrogen) atoms. The maximum absolute atomic E-state index is 4.63. The minimum absolute atomic E-state index is 0.606. The largest absolute Gasteiger partial charge is 0.262 e. The van der Waals surface area contributed by atoms with E-state index in [0.717, 1.165) is 22.6 Å². The summed E-state index contributed by atoms with van der Waals surface area (Å²) in [7, 11) is 0. The zero-order chi connectivity index (χ0) is 15.5. The second kappa shape index (κ2) is 5.76. The smallest absolute Gasteiger partial charge is 0.178 e. The zero-order valence-electron chi connectivity index (χ0n) is 12.1. The fraction of sp³-hybridized carbons (Fsp3) is 0. The molecule has 0 bridgehead atoms. The molecule has 0 aliphatic rings. The normalized spacial score (nSPS) is 10.6. The van der Waals surface area contributed by atoms with Crippen molar-refractivity contribution in [1.82, 2.24) is 29.7 Å². The Hall–Kier alpha value is -3.41. The predicted octanol–water partition coefficient (Wildman–Crippen LogP) is 2.79. The molecular formula is C17H12N6. The summed E-state index contributed by atoms with van der Waals surface area (Å²) in [5.74, 6) is 0.606. The van der Waals surface area contributed by atoms with E-state index in [1.165, 1.54) is 0 Å². The van der Waals surface area contributed by atoms with Crippen LogP contribution in [0.5, 0.6) is 0 Å². The first-order valence-electron chi connectivity index (χ1n) is 7.10. The standard InChI is InChI=1S/C17H12N6/c1-5-15(22-16(6-1)17-19-8-3-9-20-17)13-10-21-23(12-13)14-4-2-7-18-11-14/h1-12H. The molecule has 110 valence electrons. The van der Waals surface area contributed by atoms with Crippen molar-refractivity contribution in [3.05, 3.63) is 73.6 Å². The van der Waals surface area contributed by atoms with Crippen LogP contribution in [0.1, 0.15) is 0 Å². The Morgan fingerprint density at radius 1 is 0.783 bits per heavy atom. The van der Waals surface area contributed by atoms with Gasteiger partial charge in [0.25, 0.3) is 0 Å². The highest BCUT2D eigenvalue weighted by Crippen LogP contribution is 2.20. The van der Waals surface area contributed by atoms with E-state index in [-0.39, 0.29) is 0 Å². The van der Waals surface area contributed by atoms with Crippen molar-refractivity contribution in [2.45, 2.75) is 0 Å². The third kappa shape index (κ3) is 2.69. The monoisotopic (exact) mass is 300 g/mol. The van der Waals surface area contributed by atoms with Crippen molar-refractivity contribution >= 4 is 0 Å². The van der Waals surface area contributed by atoms with E-state index in [4.69, 9.17) is 0 Å². The Morgan fingerprint density at radius 2 is 1.65 bits per heavy atom. The lowest BCUT2D eigenvalue weighted by atomic mass is 10.2. The van der Waals surface area contributed by atoms with Crippen molar-refractivity contribution < 1.29 is 0 Å². The molecule has 0 aliphatic carbocycles. The molecule has 0 unspecified atom stereocenters. The molecule has 0 saturated carbocycles. The maximum atomic E-state index is 4.63. The van der Waals surface area contributed by atoms with Gasteiger partial charge in [0.1, 0.15) is 5.69 Å². The van der Waals surface area contributed by atoms with Gasteiger partial charge in [-0.1, -0.05) is 6.07 Å². The topological polar surface area (TPSA) is 69.4 Å². The van der Waals surface area contributed by atoms with Crippen LogP contribution in [0.2, 0.25) is 0 Å². The van der Waals surface area contributed by atoms with Crippen LogP contribution in [0.4, 0.5) is 0 Å². The molecule has 4 heterocycles. The molecular weight excluding hydrogens is 288 g/mol. The van der Waals surface area contributed by atoms with Gasteiger partial charge in [0, 0.05) is 30.4 Å². The van der Waals surface area contributed by atoms with E-state index in [0.29, 0.717) is 5.82 Å². The molecule has 0 radical (unpaired) electrons. The summed E-state index contributed by atoms with van der Waals surface area (Å²) in [5.41, 5.74) is 3.38. The molecule has 0 atom stereocenters. The lowest BCUT2D eigenvalue weighted by molar-refractivity contribution is 0.874. The minimum atomic E-state index is 0.606. The van der Waals surface area contributed by atoms with Crippen molar-refractivity contribution in [3.8, 4) is 28.5 Å². The van der Waals surface area contributed by atoms with Gasteiger partial charge in [-0.05, 0) is 30.3 Å². The minimum Gasteiger partial charge on any atom is -0.262 e. The molecule has 6 heteroatoms. The summed E-state index contributed by atoms with van der Waals surface area (Å²) in [6.45, 7) is 0. The number of nitrogens with zero attached hydrogens (tertiary/aromatic N) is 6. The fourth-order valence-electron chi connectivity index (χ4n) is 2.24. The first kappa shape index (κ1) is 13.3. The van der Waals surface area contributed by atoms with Crippen molar-refractivity contribution in [3.63, 3.8) is 0 Å². The highest BCUT2D eigenvalue weighted by Gasteiger charge is 2.07. The molecule has 0 spiro atoms. The van der Waals surface area contributed by atoms with Gasteiger partial charge >= 0.3 is 0 Å². The van der Waals surface area contributed by atoms with Crippen LogP contribution in [-0.2, 0) is 0 Å². The molecule has 4 rings (SSSR count). The van der Waals surface area contributed by atoms with Crippen LogP contribution < -0.4 is 0 Å². The zero-order valence-corrected chi connectivity index (χ0v) is 12.1. The van der Waals surface area contributed by atoms with Gasteiger partial charge < -0.3 is 0 Å². The Labute approximate surface area is 132 Å². The summed E-state index contributed by atoms with van der Waals surface area (Å²) >= 11 is 0. The first-order chi connectivity index (χ1) is 11.4. The molecule has 0 aliphatic heterocycles. The molecule has 4 aromatic rings. The van der Waals surface area contributed by atoms with E-state index in [2.05, 4.69) is 25.0 Å². The number of pyridine rings is 2. The maximum Gasteiger partial charge on any atom is 0.178 e. The Morgan fingerprint density at radius 3 is 2.48 bits per heavy atom. The van der Waals surface area contributed by atoms with Crippen LogP contribution >= 0.6 is 0 Å². The molecule has 0 N–H and O–H groups in total. The highest BCUT2D eigenvalue weighted by molar-refractivity contribution is 5.62. The van der Waals surface area contributed by atoms with Crippen LogP contribution in [0.25, 0.3) is 28.5 Å². The lowest BCUT2D eigenvalue weighted by Gasteiger charge is -2.01. The fourth-order valence-corrected chi connectivity index (χ4v) is 2.24. The van der Waals surface area contributed by atoms with Gasteiger partial charge in [-0.3, -0.25) is 4.98 Å². The average molecular weight is 300 g/mol. The molecule has 0 saturated heterocycles. The van der Waals surface area contributed by atoms with Gasteiger partial charge in [0.05, 0.1) is 23.8 Å². The van der Waals surface area contributed by atoms with Gasteiger partial charge in [-0.25, -0.2) is 19.6 Å². The Bertz CT molecular complexity index is 918. The SMILES string of the molecule is c1cnc(-c2cccc(-c3cnn(-c4cccnc4)c3)n2)nc1. The third-order valence-corrected chi connectivity index (χ3v) is 3.33. The lowest BCUT2D eigenvalue weighted by Crippen LogP contribution is -1.94. The quantitative estimate of drug-likeness (QED) is 0.582. The summed E-state index contributed by atoms with van der Waals surface area (Å²) in [4.78, 5) is 17.2. The van der Waals surface area contributed by atoms with E-state index >= 15 is 0 Å². The van der Waals surface area contributed by atoms with E-state index in [1.54, 1.807) is 41.7 Å². The van der Waals surface area contributed by atoms with Crippen LogP contribution in [0.15, 0.2) is 73.6 Å². The summed E-state index contributed by atoms with van der Waals surface area (Å²) in [6.07, 6.45) is 10.6. The summed E-state index contributed by atoms with van der Waals surface area (Å²) < 4.78 is 1.77. The Balaban J connectivity index is 1.71. The highest BCUT2D eigenvalue weighted by atomic mass is 15.3. The molecule has 0 aromatic carbocycles. The number of hydrogen-bond acceptors (Lipinski definition) is 5. The molecule has 0 fully saturated rings. The van der Waals surface area contributed by atoms with Crippen molar-refractivity contribution in [2.75, 3.05) is 0 Å².